The SMILES string of the molecule is O=C(NCC1(C(=O)O)CCC1)[C@@H]1CCCO1. The Morgan fingerprint density at radius 2 is 2.12 bits per heavy atom. The fourth-order valence-electron chi connectivity index (χ4n) is 2.22. The smallest absolute Gasteiger partial charge is 0.311 e. The highest BCUT2D eigenvalue weighted by molar-refractivity contribution is 5.82. The molecule has 0 aromatic heterocycles. The third-order valence-corrected chi connectivity index (χ3v) is 3.59. The number of carbonyl (C=O) groups excluding carboxylic acids is 1. The number of carbonyl (C=O) groups is 2. The first-order chi connectivity index (χ1) is 7.64. The van der Waals surface area contributed by atoms with Crippen LogP contribution in [0, 0.1) is 5.41 Å². The predicted molar refractivity (Wildman–Crippen MR) is 55.9 cm³/mol. The van der Waals surface area contributed by atoms with E-state index in [9.17, 15) is 9.59 Å². The van der Waals surface area contributed by atoms with Gasteiger partial charge in [-0.2, -0.15) is 0 Å². The van der Waals surface area contributed by atoms with Crippen molar-refractivity contribution < 1.29 is 19.4 Å². The van der Waals surface area contributed by atoms with E-state index in [0.29, 0.717) is 19.4 Å². The van der Waals surface area contributed by atoms with Gasteiger partial charge in [0.25, 0.3) is 0 Å². The molecule has 2 fully saturated rings. The Morgan fingerprint density at radius 3 is 2.56 bits per heavy atom. The van der Waals surface area contributed by atoms with Crippen LogP contribution in [0.3, 0.4) is 0 Å². The first kappa shape index (κ1) is 11.4. The molecular weight excluding hydrogens is 210 g/mol. The normalized spacial score (nSPS) is 27.1. The zero-order valence-electron chi connectivity index (χ0n) is 9.20. The van der Waals surface area contributed by atoms with Crippen molar-refractivity contribution in [1.82, 2.24) is 5.32 Å². The summed E-state index contributed by atoms with van der Waals surface area (Å²) in [6, 6.07) is 0. The molecule has 1 atom stereocenters. The maximum absolute atomic E-state index is 11.6. The molecular formula is C11H17NO4. The summed E-state index contributed by atoms with van der Waals surface area (Å²) < 4.78 is 5.23. The molecule has 2 rings (SSSR count). The first-order valence-electron chi connectivity index (χ1n) is 5.77. The van der Waals surface area contributed by atoms with Crippen molar-refractivity contribution in [3.8, 4) is 0 Å². The molecule has 90 valence electrons. The molecule has 1 heterocycles. The number of rotatable bonds is 4. The molecule has 1 aliphatic heterocycles. The summed E-state index contributed by atoms with van der Waals surface area (Å²) in [4.78, 5) is 22.7. The molecule has 0 spiro atoms. The van der Waals surface area contributed by atoms with Crippen molar-refractivity contribution in [2.45, 2.75) is 38.2 Å². The van der Waals surface area contributed by atoms with Crippen LogP contribution in [0.15, 0.2) is 0 Å². The highest BCUT2D eigenvalue weighted by Crippen LogP contribution is 2.40. The summed E-state index contributed by atoms with van der Waals surface area (Å²) in [5.74, 6) is -0.962. The van der Waals surface area contributed by atoms with Crippen LogP contribution >= 0.6 is 0 Å². The Labute approximate surface area is 94.2 Å². The number of amides is 1. The van der Waals surface area contributed by atoms with Crippen LogP contribution in [0.5, 0.6) is 0 Å². The minimum atomic E-state index is -0.800. The number of ether oxygens (including phenoxy) is 1. The summed E-state index contributed by atoms with van der Waals surface area (Å²) in [6.45, 7) is 0.864. The molecule has 0 aromatic carbocycles. The van der Waals surface area contributed by atoms with Gasteiger partial charge in [-0.25, -0.2) is 0 Å². The van der Waals surface area contributed by atoms with Crippen LogP contribution in [0.1, 0.15) is 32.1 Å². The summed E-state index contributed by atoms with van der Waals surface area (Å²) in [5, 5.41) is 11.8. The highest BCUT2D eigenvalue weighted by Gasteiger charge is 2.44. The fraction of sp³-hybridized carbons (Fsp3) is 0.818. The van der Waals surface area contributed by atoms with Gasteiger partial charge >= 0.3 is 5.97 Å². The number of hydrogen-bond acceptors (Lipinski definition) is 3. The fourth-order valence-corrected chi connectivity index (χ4v) is 2.22. The largest absolute Gasteiger partial charge is 0.481 e. The Kier molecular flexibility index (Phi) is 3.14. The van der Waals surface area contributed by atoms with E-state index in [4.69, 9.17) is 9.84 Å². The minimum absolute atomic E-state index is 0.162. The lowest BCUT2D eigenvalue weighted by Crippen LogP contribution is -2.49. The quantitative estimate of drug-likeness (QED) is 0.734. The van der Waals surface area contributed by atoms with Crippen molar-refractivity contribution in [1.29, 1.82) is 0 Å². The molecule has 0 aromatic rings. The summed E-state index contributed by atoms with van der Waals surface area (Å²) in [7, 11) is 0. The lowest BCUT2D eigenvalue weighted by molar-refractivity contribution is -0.154. The standard InChI is InChI=1S/C11H17NO4/c13-9(8-3-1-6-16-8)12-7-11(10(14)15)4-2-5-11/h8H,1-7H2,(H,12,13)(H,14,15)/t8-/m0/s1. The van der Waals surface area contributed by atoms with Crippen molar-refractivity contribution >= 4 is 11.9 Å². The van der Waals surface area contributed by atoms with E-state index in [2.05, 4.69) is 5.32 Å². The van der Waals surface area contributed by atoms with Crippen LogP contribution in [0.4, 0.5) is 0 Å². The van der Waals surface area contributed by atoms with E-state index < -0.39 is 11.4 Å². The van der Waals surface area contributed by atoms with Gasteiger partial charge in [-0.05, 0) is 25.7 Å². The molecule has 1 amide bonds. The van der Waals surface area contributed by atoms with Crippen LogP contribution in [-0.4, -0.2) is 36.2 Å². The average molecular weight is 227 g/mol. The summed E-state index contributed by atoms with van der Waals surface area (Å²) in [5.41, 5.74) is -0.714. The van der Waals surface area contributed by atoms with Crippen molar-refractivity contribution in [3.05, 3.63) is 0 Å². The molecule has 1 aliphatic carbocycles. The number of carboxylic acids is 1. The van der Waals surface area contributed by atoms with Gasteiger partial charge in [0.2, 0.25) is 5.91 Å². The monoisotopic (exact) mass is 227 g/mol. The van der Waals surface area contributed by atoms with Crippen LogP contribution in [0.25, 0.3) is 0 Å². The molecule has 1 saturated heterocycles. The van der Waals surface area contributed by atoms with Gasteiger partial charge in [-0.1, -0.05) is 6.42 Å². The van der Waals surface area contributed by atoms with Crippen molar-refractivity contribution in [2.75, 3.05) is 13.2 Å². The number of carboxylic acid groups (broad SMARTS) is 1. The summed E-state index contributed by atoms with van der Waals surface area (Å²) in [6.07, 6.45) is 3.53. The van der Waals surface area contributed by atoms with Crippen molar-refractivity contribution in [2.24, 2.45) is 5.41 Å². The molecule has 0 radical (unpaired) electrons. The molecule has 1 saturated carbocycles. The Morgan fingerprint density at radius 1 is 1.38 bits per heavy atom. The Balaban J connectivity index is 1.81. The Bertz CT molecular complexity index is 292. The van der Waals surface area contributed by atoms with Gasteiger partial charge < -0.3 is 15.2 Å². The van der Waals surface area contributed by atoms with Crippen LogP contribution < -0.4 is 5.32 Å². The zero-order chi connectivity index (χ0) is 11.6. The zero-order valence-corrected chi connectivity index (χ0v) is 9.20. The number of hydrogen-bond donors (Lipinski definition) is 2. The van der Waals surface area contributed by atoms with E-state index in [1.807, 2.05) is 0 Å². The molecule has 2 N–H and O–H groups in total. The lowest BCUT2D eigenvalue weighted by atomic mass is 9.69. The van der Waals surface area contributed by atoms with E-state index in [1.54, 1.807) is 0 Å². The lowest BCUT2D eigenvalue weighted by Gasteiger charge is -2.37. The molecule has 5 nitrogen and oxygen atoms in total. The van der Waals surface area contributed by atoms with Gasteiger partial charge in [0.1, 0.15) is 6.10 Å². The Hall–Kier alpha value is -1.10. The van der Waals surface area contributed by atoms with Gasteiger partial charge in [-0.3, -0.25) is 9.59 Å². The maximum Gasteiger partial charge on any atom is 0.311 e. The van der Waals surface area contributed by atoms with E-state index >= 15 is 0 Å². The number of aliphatic carboxylic acids is 1. The number of nitrogens with one attached hydrogen (secondary N) is 1. The molecule has 2 aliphatic rings. The topological polar surface area (TPSA) is 75.6 Å². The summed E-state index contributed by atoms with van der Waals surface area (Å²) >= 11 is 0. The molecule has 5 heteroatoms. The second-order valence-corrected chi connectivity index (χ2v) is 4.66. The predicted octanol–water partition coefficient (Wildman–Crippen LogP) is 0.536. The maximum atomic E-state index is 11.6. The van der Waals surface area contributed by atoms with E-state index in [0.717, 1.165) is 19.3 Å². The minimum Gasteiger partial charge on any atom is -0.481 e. The highest BCUT2D eigenvalue weighted by atomic mass is 16.5. The first-order valence-corrected chi connectivity index (χ1v) is 5.77. The third kappa shape index (κ3) is 2.04. The third-order valence-electron chi connectivity index (χ3n) is 3.59. The average Bonchev–Trinajstić information content (AvgIpc) is 2.67. The van der Waals surface area contributed by atoms with Crippen LogP contribution in [-0.2, 0) is 14.3 Å². The van der Waals surface area contributed by atoms with Crippen LogP contribution in [0.2, 0.25) is 0 Å². The van der Waals surface area contributed by atoms with Gasteiger partial charge in [0, 0.05) is 13.2 Å². The molecule has 0 unspecified atom stereocenters. The van der Waals surface area contributed by atoms with Gasteiger partial charge in [0.05, 0.1) is 5.41 Å². The van der Waals surface area contributed by atoms with Gasteiger partial charge in [0.15, 0.2) is 0 Å². The van der Waals surface area contributed by atoms with Gasteiger partial charge in [-0.15, -0.1) is 0 Å². The van der Waals surface area contributed by atoms with Crippen molar-refractivity contribution in [3.63, 3.8) is 0 Å². The molecule has 16 heavy (non-hydrogen) atoms. The second kappa shape index (κ2) is 4.41. The van der Waals surface area contributed by atoms with E-state index in [1.165, 1.54) is 0 Å². The van der Waals surface area contributed by atoms with E-state index in [-0.39, 0.29) is 18.6 Å². The second-order valence-electron chi connectivity index (χ2n) is 4.66. The molecule has 0 bridgehead atoms.